The summed E-state index contributed by atoms with van der Waals surface area (Å²) in [6.07, 6.45) is 3.68. The molecule has 1 saturated carbocycles. The molecule has 3 nitrogen and oxygen atoms in total. The highest BCUT2D eigenvalue weighted by Crippen LogP contribution is 2.29. The third-order valence-electron chi connectivity index (χ3n) is 3.54. The van der Waals surface area contributed by atoms with E-state index >= 15 is 0 Å². The molecule has 0 amide bonds. The first-order valence-electron chi connectivity index (χ1n) is 6.68. The van der Waals surface area contributed by atoms with Crippen LogP contribution in [-0.4, -0.2) is 34.6 Å². The van der Waals surface area contributed by atoms with Gasteiger partial charge >= 0.3 is 5.97 Å². The van der Waals surface area contributed by atoms with Gasteiger partial charge in [0.25, 0.3) is 0 Å². The molecular weight excluding hydrogens is 226 g/mol. The normalized spacial score (nSPS) is 16.8. The summed E-state index contributed by atoms with van der Waals surface area (Å²) in [6.45, 7) is 2.88. The predicted octanol–water partition coefficient (Wildman–Crippen LogP) is 2.56. The molecule has 1 fully saturated rings. The first kappa shape index (κ1) is 13.1. The molecule has 1 unspecified atom stereocenters. The van der Waals surface area contributed by atoms with E-state index in [1.807, 2.05) is 6.07 Å². The van der Waals surface area contributed by atoms with E-state index in [0.29, 0.717) is 18.6 Å². The molecule has 0 saturated heterocycles. The minimum atomic E-state index is -0.701. The topological polar surface area (TPSA) is 40.5 Å². The Morgan fingerprint density at radius 2 is 2.06 bits per heavy atom. The Labute approximate surface area is 108 Å². The smallest absolute Gasteiger partial charge is 0.304 e. The summed E-state index contributed by atoms with van der Waals surface area (Å²) in [7, 11) is 0. The van der Waals surface area contributed by atoms with E-state index in [4.69, 9.17) is 5.11 Å². The molecule has 98 valence electrons. The van der Waals surface area contributed by atoms with E-state index in [1.165, 1.54) is 18.4 Å². The van der Waals surface area contributed by atoms with Crippen LogP contribution < -0.4 is 0 Å². The number of carboxylic acids is 1. The Balaban J connectivity index is 1.91. The van der Waals surface area contributed by atoms with E-state index in [2.05, 4.69) is 36.1 Å². The summed E-state index contributed by atoms with van der Waals surface area (Å²) in [5.41, 5.74) is 1.32. The molecule has 18 heavy (non-hydrogen) atoms. The van der Waals surface area contributed by atoms with Crippen LogP contribution in [0.5, 0.6) is 0 Å². The van der Waals surface area contributed by atoms with Crippen LogP contribution in [0, 0.1) is 0 Å². The van der Waals surface area contributed by atoms with Crippen LogP contribution in [0.25, 0.3) is 0 Å². The van der Waals surface area contributed by atoms with Gasteiger partial charge in [-0.15, -0.1) is 0 Å². The first-order chi connectivity index (χ1) is 8.66. The van der Waals surface area contributed by atoms with Gasteiger partial charge in [-0.2, -0.15) is 0 Å². The van der Waals surface area contributed by atoms with Crippen LogP contribution in [0.3, 0.4) is 0 Å². The lowest BCUT2D eigenvalue weighted by molar-refractivity contribution is -0.137. The Morgan fingerprint density at radius 1 is 1.39 bits per heavy atom. The van der Waals surface area contributed by atoms with Gasteiger partial charge in [0.15, 0.2) is 0 Å². The molecule has 0 radical (unpaired) electrons. The molecule has 0 aliphatic heterocycles. The molecule has 1 aromatic rings. The van der Waals surface area contributed by atoms with Crippen molar-refractivity contribution in [3.8, 4) is 0 Å². The number of rotatable bonds is 7. The van der Waals surface area contributed by atoms with E-state index in [-0.39, 0.29) is 6.42 Å². The van der Waals surface area contributed by atoms with Gasteiger partial charge in [-0.3, -0.25) is 9.69 Å². The first-order valence-corrected chi connectivity index (χ1v) is 6.68. The van der Waals surface area contributed by atoms with Crippen molar-refractivity contribution in [3.63, 3.8) is 0 Å². The lowest BCUT2D eigenvalue weighted by Gasteiger charge is -2.28. The molecule has 0 bridgehead atoms. The largest absolute Gasteiger partial charge is 0.481 e. The number of carboxylic acid groups (broad SMARTS) is 1. The molecule has 0 aromatic heterocycles. The van der Waals surface area contributed by atoms with Crippen molar-refractivity contribution < 1.29 is 9.90 Å². The third-order valence-corrected chi connectivity index (χ3v) is 3.54. The molecule has 1 N–H and O–H groups in total. The van der Waals surface area contributed by atoms with Gasteiger partial charge in [0.05, 0.1) is 6.42 Å². The lowest BCUT2D eigenvalue weighted by atomic mass is 10.1. The Kier molecular flexibility index (Phi) is 4.37. The SMILES string of the molecule is CC(Cc1ccccc1)N(CCC(=O)O)C1CC1. The van der Waals surface area contributed by atoms with Gasteiger partial charge in [0.2, 0.25) is 0 Å². The van der Waals surface area contributed by atoms with Crippen molar-refractivity contribution in [2.24, 2.45) is 0 Å². The second kappa shape index (κ2) is 6.01. The molecule has 3 heteroatoms. The molecule has 0 spiro atoms. The van der Waals surface area contributed by atoms with Crippen molar-refractivity contribution in [3.05, 3.63) is 35.9 Å². The van der Waals surface area contributed by atoms with E-state index < -0.39 is 5.97 Å². The van der Waals surface area contributed by atoms with Gasteiger partial charge in [-0.05, 0) is 31.7 Å². The number of benzene rings is 1. The van der Waals surface area contributed by atoms with Crippen LogP contribution in [0.4, 0.5) is 0 Å². The maximum Gasteiger partial charge on any atom is 0.304 e. The molecular formula is C15H21NO2. The summed E-state index contributed by atoms with van der Waals surface area (Å²) in [5.74, 6) is -0.701. The Hall–Kier alpha value is -1.35. The van der Waals surface area contributed by atoms with Crippen molar-refractivity contribution in [2.75, 3.05) is 6.54 Å². The number of nitrogens with zero attached hydrogens (tertiary/aromatic N) is 1. The van der Waals surface area contributed by atoms with Crippen molar-refractivity contribution in [1.82, 2.24) is 4.90 Å². The number of hydrogen-bond donors (Lipinski definition) is 1. The summed E-state index contributed by atoms with van der Waals surface area (Å²) < 4.78 is 0. The van der Waals surface area contributed by atoms with Gasteiger partial charge < -0.3 is 5.11 Å². The minimum Gasteiger partial charge on any atom is -0.481 e. The zero-order chi connectivity index (χ0) is 13.0. The summed E-state index contributed by atoms with van der Waals surface area (Å²) in [4.78, 5) is 13.1. The maximum atomic E-state index is 10.7. The molecule has 1 aliphatic carbocycles. The second-order valence-corrected chi connectivity index (χ2v) is 5.15. The maximum absolute atomic E-state index is 10.7. The van der Waals surface area contributed by atoms with E-state index in [9.17, 15) is 4.79 Å². The highest BCUT2D eigenvalue weighted by molar-refractivity contribution is 5.66. The fourth-order valence-corrected chi connectivity index (χ4v) is 2.47. The zero-order valence-electron chi connectivity index (χ0n) is 10.9. The van der Waals surface area contributed by atoms with Gasteiger partial charge in [0.1, 0.15) is 0 Å². The summed E-state index contributed by atoms with van der Waals surface area (Å²) in [5, 5.41) is 8.81. The summed E-state index contributed by atoms with van der Waals surface area (Å²) >= 11 is 0. The van der Waals surface area contributed by atoms with Gasteiger partial charge in [0, 0.05) is 18.6 Å². The molecule has 1 aliphatic rings. The zero-order valence-corrected chi connectivity index (χ0v) is 10.9. The van der Waals surface area contributed by atoms with Crippen LogP contribution in [0.2, 0.25) is 0 Å². The third kappa shape index (κ3) is 3.84. The average Bonchev–Trinajstić information content (AvgIpc) is 3.14. The molecule has 1 atom stereocenters. The van der Waals surface area contributed by atoms with Crippen LogP contribution in [0.1, 0.15) is 31.7 Å². The van der Waals surface area contributed by atoms with Crippen LogP contribution in [-0.2, 0) is 11.2 Å². The molecule has 0 heterocycles. The Bertz CT molecular complexity index is 387. The highest BCUT2D eigenvalue weighted by atomic mass is 16.4. The highest BCUT2D eigenvalue weighted by Gasteiger charge is 2.32. The monoisotopic (exact) mass is 247 g/mol. The fraction of sp³-hybridized carbons (Fsp3) is 0.533. The standard InChI is InChI=1S/C15H21NO2/c1-12(11-13-5-3-2-4-6-13)16(14-7-8-14)10-9-15(17)18/h2-6,12,14H,7-11H2,1H3,(H,17,18). The fourth-order valence-electron chi connectivity index (χ4n) is 2.47. The lowest BCUT2D eigenvalue weighted by Crippen LogP contribution is -2.38. The average molecular weight is 247 g/mol. The number of hydrogen-bond acceptors (Lipinski definition) is 2. The van der Waals surface area contributed by atoms with E-state index in [1.54, 1.807) is 0 Å². The predicted molar refractivity (Wildman–Crippen MR) is 71.6 cm³/mol. The van der Waals surface area contributed by atoms with Crippen LogP contribution in [0.15, 0.2) is 30.3 Å². The van der Waals surface area contributed by atoms with Crippen molar-refractivity contribution in [1.29, 1.82) is 0 Å². The minimum absolute atomic E-state index is 0.246. The van der Waals surface area contributed by atoms with Gasteiger partial charge in [-0.1, -0.05) is 30.3 Å². The van der Waals surface area contributed by atoms with Gasteiger partial charge in [-0.25, -0.2) is 0 Å². The summed E-state index contributed by atoms with van der Waals surface area (Å²) in [6, 6.07) is 11.4. The van der Waals surface area contributed by atoms with E-state index in [0.717, 1.165) is 6.42 Å². The number of aliphatic carboxylic acids is 1. The van der Waals surface area contributed by atoms with Crippen LogP contribution >= 0.6 is 0 Å². The van der Waals surface area contributed by atoms with Crippen molar-refractivity contribution in [2.45, 2.75) is 44.7 Å². The van der Waals surface area contributed by atoms with Crippen molar-refractivity contribution >= 4 is 5.97 Å². The molecule has 2 rings (SSSR count). The second-order valence-electron chi connectivity index (χ2n) is 5.15. The molecule has 1 aromatic carbocycles. The Morgan fingerprint density at radius 3 is 2.61 bits per heavy atom. The quantitative estimate of drug-likeness (QED) is 0.805. The number of carbonyl (C=O) groups is 1.